The maximum Gasteiger partial charge on any atom is 0.411 e. The fraction of sp³-hybridized carbons (Fsp3) is 0.154. The number of aryl methyl sites for hydroxylation is 1. The molecule has 0 atom stereocenters. The zero-order valence-electron chi connectivity index (χ0n) is 18.9. The molecule has 0 radical (unpaired) electrons. The molecule has 0 aliphatic heterocycles. The zero-order chi connectivity index (χ0) is 24.5. The summed E-state index contributed by atoms with van der Waals surface area (Å²) >= 11 is 0. The molecule has 0 fully saturated rings. The van der Waals surface area contributed by atoms with Gasteiger partial charge in [0.2, 0.25) is 0 Å². The van der Waals surface area contributed by atoms with Gasteiger partial charge in [-0.15, -0.1) is 0 Å². The molecule has 1 amide bonds. The summed E-state index contributed by atoms with van der Waals surface area (Å²) in [6.45, 7) is 0.457. The maximum atomic E-state index is 13.4. The minimum Gasteiger partial charge on any atom is -0.449 e. The Morgan fingerprint density at radius 2 is 1.83 bits per heavy atom. The number of ether oxygens (including phenoxy) is 1. The van der Waals surface area contributed by atoms with Crippen LogP contribution in [0.15, 0.2) is 89.9 Å². The van der Waals surface area contributed by atoms with E-state index < -0.39 is 6.09 Å². The zero-order valence-corrected chi connectivity index (χ0v) is 18.9. The van der Waals surface area contributed by atoms with Crippen molar-refractivity contribution in [2.45, 2.75) is 19.4 Å². The van der Waals surface area contributed by atoms with Crippen LogP contribution in [0.4, 0.5) is 26.4 Å². The van der Waals surface area contributed by atoms with Crippen LogP contribution < -0.4 is 16.2 Å². The molecule has 178 valence electrons. The summed E-state index contributed by atoms with van der Waals surface area (Å²) in [5.41, 5.74) is 2.48. The second-order valence-electron chi connectivity index (χ2n) is 7.74. The van der Waals surface area contributed by atoms with Crippen LogP contribution in [0.25, 0.3) is 0 Å². The van der Waals surface area contributed by atoms with E-state index >= 15 is 0 Å². The Morgan fingerprint density at radius 1 is 0.971 bits per heavy atom. The van der Waals surface area contributed by atoms with Crippen molar-refractivity contribution < 1.29 is 13.9 Å². The van der Waals surface area contributed by atoms with Gasteiger partial charge < -0.3 is 10.1 Å². The molecule has 0 saturated heterocycles. The van der Waals surface area contributed by atoms with Crippen LogP contribution in [0.5, 0.6) is 0 Å². The van der Waals surface area contributed by atoms with E-state index in [-0.39, 0.29) is 24.5 Å². The van der Waals surface area contributed by atoms with Crippen molar-refractivity contribution in [2.24, 2.45) is 0 Å². The number of halogens is 1. The predicted octanol–water partition coefficient (Wildman–Crippen LogP) is 4.75. The molecule has 2 heterocycles. The molecule has 8 nitrogen and oxygen atoms in total. The van der Waals surface area contributed by atoms with Crippen LogP contribution in [0, 0.1) is 5.82 Å². The van der Waals surface area contributed by atoms with E-state index in [0.717, 1.165) is 17.7 Å². The lowest BCUT2D eigenvalue weighted by Gasteiger charge is -2.11. The van der Waals surface area contributed by atoms with Crippen molar-refractivity contribution >= 4 is 23.3 Å². The van der Waals surface area contributed by atoms with Gasteiger partial charge in [0.05, 0.1) is 13.2 Å². The number of nitrogens with one attached hydrogen (secondary N) is 2. The molecule has 0 bridgehead atoms. The van der Waals surface area contributed by atoms with Crippen LogP contribution in [-0.4, -0.2) is 27.5 Å². The minimum atomic E-state index is -0.556. The largest absolute Gasteiger partial charge is 0.449 e. The van der Waals surface area contributed by atoms with Crippen LogP contribution in [-0.2, 0) is 17.7 Å². The highest BCUT2D eigenvalue weighted by Gasteiger charge is 2.07. The normalized spacial score (nSPS) is 10.5. The predicted molar refractivity (Wildman–Crippen MR) is 131 cm³/mol. The van der Waals surface area contributed by atoms with Gasteiger partial charge in [0.1, 0.15) is 5.82 Å². The second-order valence-corrected chi connectivity index (χ2v) is 7.74. The van der Waals surface area contributed by atoms with Gasteiger partial charge in [0, 0.05) is 29.3 Å². The van der Waals surface area contributed by atoms with Gasteiger partial charge in [-0.2, -0.15) is 5.10 Å². The summed E-state index contributed by atoms with van der Waals surface area (Å²) in [5, 5.41) is 9.99. The lowest BCUT2D eigenvalue weighted by molar-refractivity contribution is 0.160. The number of benzene rings is 2. The third-order valence-corrected chi connectivity index (χ3v) is 5.01. The first kappa shape index (κ1) is 23.6. The Labute approximate surface area is 201 Å². The third kappa shape index (κ3) is 7.23. The van der Waals surface area contributed by atoms with Crippen molar-refractivity contribution in [3.05, 3.63) is 112 Å². The summed E-state index contributed by atoms with van der Waals surface area (Å²) in [5.74, 6) is 0.0260. The lowest BCUT2D eigenvalue weighted by Crippen LogP contribution is -2.23. The molecular formula is C26H24FN5O3. The molecule has 4 rings (SSSR count). The summed E-state index contributed by atoms with van der Waals surface area (Å²) in [4.78, 5) is 28.7. The van der Waals surface area contributed by atoms with Crippen molar-refractivity contribution in [1.82, 2.24) is 14.8 Å². The van der Waals surface area contributed by atoms with E-state index in [1.165, 1.54) is 28.9 Å². The minimum absolute atomic E-state index is 0.187. The fourth-order valence-corrected chi connectivity index (χ4v) is 3.38. The average Bonchev–Trinajstić information content (AvgIpc) is 2.85. The smallest absolute Gasteiger partial charge is 0.411 e. The quantitative estimate of drug-likeness (QED) is 0.341. The van der Waals surface area contributed by atoms with E-state index in [4.69, 9.17) is 4.74 Å². The molecular weight excluding hydrogens is 449 g/mol. The van der Waals surface area contributed by atoms with E-state index in [1.807, 2.05) is 24.3 Å². The topological polar surface area (TPSA) is 98.1 Å². The number of rotatable bonds is 9. The van der Waals surface area contributed by atoms with Gasteiger partial charge in [0.15, 0.2) is 5.82 Å². The number of carbonyl (C=O) groups excluding carboxylic acids is 1. The average molecular weight is 474 g/mol. The molecule has 0 aliphatic carbocycles. The first-order chi connectivity index (χ1) is 17.0. The Bertz CT molecular complexity index is 1340. The van der Waals surface area contributed by atoms with Gasteiger partial charge in [-0.1, -0.05) is 24.3 Å². The molecule has 2 aromatic heterocycles. The molecule has 35 heavy (non-hydrogen) atoms. The first-order valence-corrected chi connectivity index (χ1v) is 11.1. The number of pyridine rings is 1. The third-order valence-electron chi connectivity index (χ3n) is 5.01. The number of amides is 1. The van der Waals surface area contributed by atoms with E-state index in [0.29, 0.717) is 23.6 Å². The molecule has 2 N–H and O–H groups in total. The van der Waals surface area contributed by atoms with Crippen molar-refractivity contribution in [3.8, 4) is 0 Å². The highest BCUT2D eigenvalue weighted by molar-refractivity contribution is 5.84. The Hall–Kier alpha value is -4.53. The molecule has 0 spiro atoms. The fourth-order valence-electron chi connectivity index (χ4n) is 3.38. The van der Waals surface area contributed by atoms with Gasteiger partial charge >= 0.3 is 6.09 Å². The molecule has 0 saturated carbocycles. The van der Waals surface area contributed by atoms with Gasteiger partial charge in [0.25, 0.3) is 5.56 Å². The van der Waals surface area contributed by atoms with Gasteiger partial charge in [-0.05, 0) is 66.9 Å². The van der Waals surface area contributed by atoms with Crippen molar-refractivity contribution in [1.29, 1.82) is 0 Å². The van der Waals surface area contributed by atoms with Crippen molar-refractivity contribution in [3.63, 3.8) is 0 Å². The van der Waals surface area contributed by atoms with Crippen LogP contribution in [0.2, 0.25) is 0 Å². The first-order valence-electron chi connectivity index (χ1n) is 11.1. The molecule has 0 aliphatic rings. The molecule has 4 aromatic rings. The van der Waals surface area contributed by atoms with Crippen molar-refractivity contribution in [2.75, 3.05) is 17.2 Å². The standard InChI is InChI=1S/C26H24FN5O3/c27-20-7-4-10-23(17-20)29-24-12-13-25(33)32(31-24)18-19-6-3-9-22(16-19)30-26(34)35-15-5-11-21-8-1-2-14-28-21/h1-4,6-10,12-14,16-17H,5,11,15,18H2,(H,29,31)(H,30,34). The summed E-state index contributed by atoms with van der Waals surface area (Å²) in [7, 11) is 0. The SMILES string of the molecule is O=C(Nc1cccc(Cn2nc(Nc3cccc(F)c3)ccc2=O)c1)OCCCc1ccccn1. The number of carbonyl (C=O) groups is 1. The molecule has 9 heteroatoms. The van der Waals surface area contributed by atoms with E-state index in [9.17, 15) is 14.0 Å². The molecule has 0 unspecified atom stereocenters. The number of anilines is 3. The Balaban J connectivity index is 1.33. The monoisotopic (exact) mass is 473 g/mol. The van der Waals surface area contributed by atoms with E-state index in [2.05, 4.69) is 20.7 Å². The van der Waals surface area contributed by atoms with Gasteiger partial charge in [-0.25, -0.2) is 13.9 Å². The lowest BCUT2D eigenvalue weighted by atomic mass is 10.2. The molecule has 2 aromatic carbocycles. The van der Waals surface area contributed by atoms with Crippen LogP contribution in [0.1, 0.15) is 17.7 Å². The number of hydrogen-bond acceptors (Lipinski definition) is 6. The summed E-state index contributed by atoms with van der Waals surface area (Å²) < 4.78 is 20.0. The summed E-state index contributed by atoms with van der Waals surface area (Å²) in [6, 6.07) is 21.7. The Kier molecular flexibility index (Phi) is 7.80. The Morgan fingerprint density at radius 3 is 2.66 bits per heavy atom. The van der Waals surface area contributed by atoms with Gasteiger partial charge in [-0.3, -0.25) is 15.1 Å². The highest BCUT2D eigenvalue weighted by atomic mass is 19.1. The maximum absolute atomic E-state index is 13.4. The number of hydrogen-bond donors (Lipinski definition) is 2. The highest BCUT2D eigenvalue weighted by Crippen LogP contribution is 2.15. The van der Waals surface area contributed by atoms with Crippen LogP contribution in [0.3, 0.4) is 0 Å². The second kappa shape index (κ2) is 11.6. The van der Waals surface area contributed by atoms with Crippen LogP contribution >= 0.6 is 0 Å². The number of nitrogens with zero attached hydrogens (tertiary/aromatic N) is 3. The summed E-state index contributed by atoms with van der Waals surface area (Å²) in [6.07, 6.45) is 2.56. The van der Waals surface area contributed by atoms with E-state index in [1.54, 1.807) is 36.5 Å². The number of aromatic nitrogens is 3.